The Bertz CT molecular complexity index is 118. The van der Waals surface area contributed by atoms with Crippen LogP contribution in [0.25, 0.3) is 0 Å². The van der Waals surface area contributed by atoms with Crippen molar-refractivity contribution in [1.82, 2.24) is 0 Å². The van der Waals surface area contributed by atoms with Crippen LogP contribution in [0, 0.1) is 0 Å². The lowest BCUT2D eigenvalue weighted by Crippen LogP contribution is -2.27. The van der Waals surface area contributed by atoms with Gasteiger partial charge in [-0.25, -0.2) is 0 Å². The molecule has 0 radical (unpaired) electrons. The Labute approximate surface area is 83.8 Å². The van der Waals surface area contributed by atoms with E-state index in [-0.39, 0.29) is 15.4 Å². The number of ether oxygens (including phenoxy) is 2. The Hall–Kier alpha value is 0.137. The summed E-state index contributed by atoms with van der Waals surface area (Å²) < 4.78 is 11.2. The molecule has 1 aliphatic rings. The highest BCUT2D eigenvalue weighted by molar-refractivity contribution is 6.38. The normalized spacial score (nSPS) is 19.6. The molecule has 1 fully saturated rings. The second kappa shape index (κ2) is 6.57. The first-order chi connectivity index (χ1) is 6.36. The number of hydrogen-bond donors (Lipinski definition) is 0. The summed E-state index contributed by atoms with van der Waals surface area (Å²) in [5, 5.41) is 0. The molecular weight excluding hydrogens is 180 g/mol. The first-order valence-corrected chi connectivity index (χ1v) is 7.23. The Morgan fingerprint density at radius 2 is 1.69 bits per heavy atom. The summed E-state index contributed by atoms with van der Waals surface area (Å²) in [5.41, 5.74) is 0.989. The highest BCUT2D eigenvalue weighted by Gasteiger charge is 2.21. The minimum atomic E-state index is -0.165. The summed E-state index contributed by atoms with van der Waals surface area (Å²) in [5.74, 6) is 0.193. The fourth-order valence-corrected chi connectivity index (χ4v) is 4.41. The molecule has 1 saturated carbocycles. The van der Waals surface area contributed by atoms with E-state index in [0.717, 1.165) is 18.8 Å². The van der Waals surface area contributed by atoms with E-state index in [4.69, 9.17) is 9.47 Å². The molecule has 0 spiro atoms. The maximum atomic E-state index is 5.58. The van der Waals surface area contributed by atoms with Crippen LogP contribution in [0.5, 0.6) is 0 Å². The maximum Gasteiger partial charge on any atom is 0.135 e. The van der Waals surface area contributed by atoms with Crippen molar-refractivity contribution >= 4 is 9.52 Å². The second-order valence-electron chi connectivity index (χ2n) is 3.73. The van der Waals surface area contributed by atoms with Crippen molar-refractivity contribution in [3.8, 4) is 0 Å². The molecule has 0 aromatic heterocycles. The second-order valence-corrected chi connectivity index (χ2v) is 6.02. The van der Waals surface area contributed by atoms with E-state index in [1.165, 1.54) is 25.7 Å². The number of rotatable bonds is 6. The van der Waals surface area contributed by atoms with Gasteiger partial charge in [0.2, 0.25) is 0 Å². The van der Waals surface area contributed by atoms with Crippen LogP contribution in [0.4, 0.5) is 0 Å². The zero-order valence-corrected chi connectivity index (χ0v) is 10.3. The van der Waals surface area contributed by atoms with Gasteiger partial charge < -0.3 is 9.47 Å². The van der Waals surface area contributed by atoms with Crippen molar-refractivity contribution in [3.63, 3.8) is 0 Å². The average molecular weight is 202 g/mol. The third-order valence-electron chi connectivity index (χ3n) is 2.71. The minimum Gasteiger partial charge on any atom is -0.357 e. The highest BCUT2D eigenvalue weighted by Crippen LogP contribution is 2.30. The standard InChI is InChI=1S/C10H22O2Si/c1-3-11-10(12-4-2)13-9-7-5-6-8-9/h9-10H,3-8,13H2,1-2H3. The van der Waals surface area contributed by atoms with Gasteiger partial charge in [0.15, 0.2) is 0 Å². The van der Waals surface area contributed by atoms with Crippen LogP contribution < -0.4 is 0 Å². The van der Waals surface area contributed by atoms with Gasteiger partial charge in [-0.05, 0) is 19.4 Å². The first-order valence-electron chi connectivity index (χ1n) is 5.60. The fraction of sp³-hybridized carbons (Fsp3) is 1.00. The summed E-state index contributed by atoms with van der Waals surface area (Å²) in [4.78, 5) is 0. The van der Waals surface area contributed by atoms with Crippen LogP contribution >= 0.6 is 0 Å². The molecule has 3 heteroatoms. The van der Waals surface area contributed by atoms with E-state index in [2.05, 4.69) is 13.8 Å². The van der Waals surface area contributed by atoms with Gasteiger partial charge in [-0.3, -0.25) is 0 Å². The topological polar surface area (TPSA) is 18.5 Å². The maximum absolute atomic E-state index is 5.58. The number of hydrogen-bond acceptors (Lipinski definition) is 2. The van der Waals surface area contributed by atoms with Crippen LogP contribution in [0.3, 0.4) is 0 Å². The lowest BCUT2D eigenvalue weighted by Gasteiger charge is -2.19. The van der Waals surface area contributed by atoms with E-state index < -0.39 is 0 Å². The third kappa shape index (κ3) is 4.25. The molecule has 0 aromatic rings. The molecule has 0 bridgehead atoms. The van der Waals surface area contributed by atoms with E-state index >= 15 is 0 Å². The van der Waals surface area contributed by atoms with Gasteiger partial charge in [-0.15, -0.1) is 0 Å². The van der Waals surface area contributed by atoms with Crippen LogP contribution in [0.15, 0.2) is 0 Å². The van der Waals surface area contributed by atoms with Crippen molar-refractivity contribution in [2.75, 3.05) is 13.2 Å². The van der Waals surface area contributed by atoms with Gasteiger partial charge in [-0.2, -0.15) is 0 Å². The molecule has 0 amide bonds. The van der Waals surface area contributed by atoms with Gasteiger partial charge in [0, 0.05) is 13.2 Å². The van der Waals surface area contributed by atoms with Gasteiger partial charge in [0.1, 0.15) is 5.91 Å². The molecule has 13 heavy (non-hydrogen) atoms. The van der Waals surface area contributed by atoms with E-state index in [1.807, 2.05) is 0 Å². The molecule has 1 rings (SSSR count). The fourth-order valence-electron chi connectivity index (χ4n) is 2.07. The van der Waals surface area contributed by atoms with Gasteiger partial charge in [0.25, 0.3) is 0 Å². The van der Waals surface area contributed by atoms with Gasteiger partial charge in [-0.1, -0.05) is 25.7 Å². The molecule has 0 unspecified atom stereocenters. The molecule has 78 valence electrons. The SMILES string of the molecule is CCOC(OCC)[SiH2]C1CCCC1. The van der Waals surface area contributed by atoms with Crippen molar-refractivity contribution in [3.05, 3.63) is 0 Å². The molecule has 2 nitrogen and oxygen atoms in total. The van der Waals surface area contributed by atoms with Crippen molar-refractivity contribution < 1.29 is 9.47 Å². The molecule has 0 heterocycles. The Morgan fingerprint density at radius 1 is 1.15 bits per heavy atom. The zero-order chi connectivity index (χ0) is 9.52. The summed E-state index contributed by atoms with van der Waals surface area (Å²) in [6, 6.07) is 0. The monoisotopic (exact) mass is 202 g/mol. The lowest BCUT2D eigenvalue weighted by molar-refractivity contribution is -0.0833. The lowest BCUT2D eigenvalue weighted by atomic mass is 10.4. The van der Waals surface area contributed by atoms with Crippen LogP contribution in [0.1, 0.15) is 39.5 Å². The summed E-state index contributed by atoms with van der Waals surface area (Å²) >= 11 is 0. The summed E-state index contributed by atoms with van der Waals surface area (Å²) in [6.45, 7) is 5.69. The largest absolute Gasteiger partial charge is 0.357 e. The highest BCUT2D eigenvalue weighted by atomic mass is 28.2. The molecule has 0 aromatic carbocycles. The minimum absolute atomic E-state index is 0.165. The van der Waals surface area contributed by atoms with Crippen molar-refractivity contribution in [2.45, 2.75) is 51.0 Å². The van der Waals surface area contributed by atoms with Crippen molar-refractivity contribution in [1.29, 1.82) is 0 Å². The first kappa shape index (κ1) is 11.2. The molecule has 0 N–H and O–H groups in total. The average Bonchev–Trinajstić information content (AvgIpc) is 2.58. The van der Waals surface area contributed by atoms with Gasteiger partial charge in [0.05, 0.1) is 9.52 Å². The molecule has 0 atom stereocenters. The predicted octanol–water partition coefficient (Wildman–Crippen LogP) is 1.87. The van der Waals surface area contributed by atoms with Gasteiger partial charge >= 0.3 is 0 Å². The van der Waals surface area contributed by atoms with E-state index in [1.54, 1.807) is 0 Å². The van der Waals surface area contributed by atoms with Crippen LogP contribution in [0.2, 0.25) is 5.54 Å². The van der Waals surface area contributed by atoms with Crippen LogP contribution in [-0.2, 0) is 9.47 Å². The zero-order valence-electron chi connectivity index (χ0n) is 8.92. The Morgan fingerprint density at radius 3 is 2.15 bits per heavy atom. The predicted molar refractivity (Wildman–Crippen MR) is 57.8 cm³/mol. The quantitative estimate of drug-likeness (QED) is 0.483. The molecule has 0 aliphatic heterocycles. The van der Waals surface area contributed by atoms with E-state index in [0.29, 0.717) is 0 Å². The smallest absolute Gasteiger partial charge is 0.135 e. The van der Waals surface area contributed by atoms with Crippen molar-refractivity contribution in [2.24, 2.45) is 0 Å². The summed E-state index contributed by atoms with van der Waals surface area (Å²) in [6.07, 6.45) is 5.73. The molecule has 1 aliphatic carbocycles. The Balaban J connectivity index is 2.19. The third-order valence-corrected chi connectivity index (χ3v) is 5.05. The summed E-state index contributed by atoms with van der Waals surface area (Å²) in [7, 11) is -0.165. The molecule has 0 saturated heterocycles. The van der Waals surface area contributed by atoms with Crippen LogP contribution in [-0.4, -0.2) is 28.6 Å². The Kier molecular flexibility index (Phi) is 5.67. The van der Waals surface area contributed by atoms with E-state index in [9.17, 15) is 0 Å². The molecular formula is C10H22O2Si.